The maximum Gasteiger partial charge on any atom is 0.573 e. The molecule has 1 atom stereocenters. The van der Waals surface area contributed by atoms with E-state index in [4.69, 9.17) is 0 Å². The van der Waals surface area contributed by atoms with Gasteiger partial charge in [0.2, 0.25) is 0 Å². The smallest absolute Gasteiger partial charge is 0.406 e. The van der Waals surface area contributed by atoms with Crippen molar-refractivity contribution in [2.75, 3.05) is 11.9 Å². The molecule has 10 nitrogen and oxygen atoms in total. The molecule has 1 unspecified atom stereocenters. The van der Waals surface area contributed by atoms with Crippen molar-refractivity contribution in [1.82, 2.24) is 25.3 Å². The number of fused-ring (bicyclic) bond motifs is 2. The van der Waals surface area contributed by atoms with Crippen LogP contribution in [0, 0.1) is 13.8 Å². The summed E-state index contributed by atoms with van der Waals surface area (Å²) in [5.41, 5.74) is 3.95. The van der Waals surface area contributed by atoms with Crippen molar-refractivity contribution in [3.8, 4) is 5.75 Å². The van der Waals surface area contributed by atoms with Gasteiger partial charge in [0, 0.05) is 29.2 Å². The van der Waals surface area contributed by atoms with Crippen LogP contribution in [0.2, 0.25) is 0 Å². The minimum Gasteiger partial charge on any atom is -0.406 e. The average molecular weight is 541 g/mol. The minimum atomic E-state index is -4.87. The summed E-state index contributed by atoms with van der Waals surface area (Å²) in [7, 11) is 0. The first-order valence-electron chi connectivity index (χ1n) is 11.9. The maximum atomic E-state index is 13.0. The average Bonchev–Trinajstić information content (AvgIpc) is 3.50. The van der Waals surface area contributed by atoms with E-state index in [0.29, 0.717) is 33.7 Å². The van der Waals surface area contributed by atoms with Gasteiger partial charge in [-0.15, -0.1) is 18.3 Å². The van der Waals surface area contributed by atoms with Gasteiger partial charge >= 0.3 is 6.36 Å². The molecule has 1 aliphatic rings. The molecule has 0 saturated carbocycles. The first kappa shape index (κ1) is 26.0. The lowest BCUT2D eigenvalue weighted by molar-refractivity contribution is -0.274. The molecule has 0 spiro atoms. The fourth-order valence-electron chi connectivity index (χ4n) is 4.53. The van der Waals surface area contributed by atoms with Crippen molar-refractivity contribution >= 4 is 40.2 Å². The number of rotatable bonds is 7. The number of nitrogens with one attached hydrogen (secondary N) is 3. The molecule has 0 bridgehead atoms. The molecular weight excluding hydrogens is 517 g/mol. The highest BCUT2D eigenvalue weighted by molar-refractivity contribution is 6.35. The number of benzene rings is 2. The van der Waals surface area contributed by atoms with Gasteiger partial charge < -0.3 is 25.5 Å². The first-order valence-corrected chi connectivity index (χ1v) is 11.9. The van der Waals surface area contributed by atoms with E-state index in [1.165, 1.54) is 12.1 Å². The van der Waals surface area contributed by atoms with Crippen LogP contribution in [-0.2, 0) is 11.3 Å². The molecule has 13 heteroatoms. The Morgan fingerprint density at radius 1 is 1.23 bits per heavy atom. The molecule has 4 N–H and O–H groups in total. The highest BCUT2D eigenvalue weighted by atomic mass is 19.4. The number of carbonyl (C=O) groups is 2. The third-order valence-electron chi connectivity index (χ3n) is 6.30. The number of hydrogen-bond acceptors (Lipinski definition) is 6. The van der Waals surface area contributed by atoms with Gasteiger partial charge in [0.05, 0.1) is 29.3 Å². The van der Waals surface area contributed by atoms with Crippen LogP contribution in [0.25, 0.3) is 22.7 Å². The lowest BCUT2D eigenvalue weighted by Gasteiger charge is -2.12. The van der Waals surface area contributed by atoms with Gasteiger partial charge in [-0.05, 0) is 55.8 Å². The number of alkyl halides is 3. The van der Waals surface area contributed by atoms with Crippen LogP contribution in [0.3, 0.4) is 0 Å². The molecule has 2 aromatic heterocycles. The van der Waals surface area contributed by atoms with Crippen LogP contribution in [0.5, 0.6) is 5.75 Å². The molecule has 0 saturated heterocycles. The number of amides is 2. The predicted molar refractivity (Wildman–Crippen MR) is 136 cm³/mol. The molecule has 0 fully saturated rings. The second kappa shape index (κ2) is 9.91. The minimum absolute atomic E-state index is 0.0503. The molecule has 5 rings (SSSR count). The second-order valence-corrected chi connectivity index (χ2v) is 9.06. The zero-order valence-corrected chi connectivity index (χ0v) is 20.8. The van der Waals surface area contributed by atoms with Gasteiger partial charge in [-0.1, -0.05) is 17.3 Å². The molecule has 0 aliphatic carbocycles. The summed E-state index contributed by atoms with van der Waals surface area (Å²) in [5, 5.41) is 23.9. The topological polar surface area (TPSA) is 134 Å². The van der Waals surface area contributed by atoms with Gasteiger partial charge in [0.25, 0.3) is 11.8 Å². The molecule has 3 heterocycles. The number of aromatic nitrogens is 4. The SMILES string of the molecule is Cc1[nH]c(/C=C2\C(=O)Nc3ccc(OC(F)(F)F)cc32)c(C)c1C(=O)NCC(O)Cn1nnc2ccccc21. The van der Waals surface area contributed by atoms with E-state index >= 15 is 0 Å². The highest BCUT2D eigenvalue weighted by Gasteiger charge is 2.33. The number of ether oxygens (including phenoxy) is 1. The largest absolute Gasteiger partial charge is 0.573 e. The van der Waals surface area contributed by atoms with Crippen LogP contribution in [0.15, 0.2) is 42.5 Å². The lowest BCUT2D eigenvalue weighted by Crippen LogP contribution is -2.35. The quantitative estimate of drug-likeness (QED) is 0.265. The van der Waals surface area contributed by atoms with E-state index < -0.39 is 30.0 Å². The molecule has 0 radical (unpaired) electrons. The van der Waals surface area contributed by atoms with Gasteiger partial charge in [-0.3, -0.25) is 9.59 Å². The van der Waals surface area contributed by atoms with Crippen molar-refractivity contribution in [1.29, 1.82) is 0 Å². The van der Waals surface area contributed by atoms with Crippen LogP contribution < -0.4 is 15.4 Å². The van der Waals surface area contributed by atoms with Crippen LogP contribution in [0.1, 0.15) is 32.9 Å². The van der Waals surface area contributed by atoms with Crippen LogP contribution >= 0.6 is 0 Å². The van der Waals surface area contributed by atoms with Crippen LogP contribution in [-0.4, -0.2) is 55.9 Å². The maximum absolute atomic E-state index is 13.0. The molecule has 2 aromatic carbocycles. The normalized spacial score (nSPS) is 14.9. The Morgan fingerprint density at radius 2 is 2.00 bits per heavy atom. The number of anilines is 1. The van der Waals surface area contributed by atoms with Gasteiger partial charge in [-0.2, -0.15) is 0 Å². The first-order chi connectivity index (χ1) is 18.5. The Balaban J connectivity index is 1.32. The zero-order valence-electron chi connectivity index (χ0n) is 20.8. The summed E-state index contributed by atoms with van der Waals surface area (Å²) in [6.45, 7) is 3.43. The number of nitrogens with zero attached hydrogens (tertiary/aromatic N) is 3. The number of aliphatic hydroxyl groups excluding tert-OH is 1. The zero-order chi connectivity index (χ0) is 27.9. The van der Waals surface area contributed by atoms with Crippen molar-refractivity contribution in [2.45, 2.75) is 32.9 Å². The fraction of sp³-hybridized carbons (Fsp3) is 0.231. The summed E-state index contributed by atoms with van der Waals surface area (Å²) in [5.74, 6) is -1.40. The molecule has 2 amide bonds. The van der Waals surface area contributed by atoms with Crippen molar-refractivity contribution in [2.24, 2.45) is 0 Å². The lowest BCUT2D eigenvalue weighted by atomic mass is 10.0. The number of para-hydroxylation sites is 1. The van der Waals surface area contributed by atoms with Crippen molar-refractivity contribution in [3.05, 3.63) is 70.5 Å². The number of H-pyrrole nitrogens is 1. The van der Waals surface area contributed by atoms with E-state index in [1.54, 1.807) is 24.6 Å². The molecule has 1 aliphatic heterocycles. The highest BCUT2D eigenvalue weighted by Crippen LogP contribution is 2.37. The van der Waals surface area contributed by atoms with E-state index in [2.05, 4.69) is 30.7 Å². The molecular formula is C26H23F3N6O4. The summed E-state index contributed by atoms with van der Waals surface area (Å²) in [4.78, 5) is 28.6. The Bertz CT molecular complexity index is 1620. The van der Waals surface area contributed by atoms with E-state index in [9.17, 15) is 27.9 Å². The molecule has 4 aromatic rings. The third-order valence-corrected chi connectivity index (χ3v) is 6.30. The van der Waals surface area contributed by atoms with Gasteiger partial charge in [0.15, 0.2) is 0 Å². The molecule has 39 heavy (non-hydrogen) atoms. The number of halogens is 3. The number of aromatic amines is 1. The van der Waals surface area contributed by atoms with Gasteiger partial charge in [-0.25, -0.2) is 4.68 Å². The number of aryl methyl sites for hydroxylation is 1. The summed E-state index contributed by atoms with van der Waals surface area (Å²) in [6, 6.07) is 10.9. The van der Waals surface area contributed by atoms with E-state index in [1.807, 2.05) is 18.2 Å². The Morgan fingerprint density at radius 3 is 2.77 bits per heavy atom. The van der Waals surface area contributed by atoms with Crippen molar-refractivity contribution < 1.29 is 32.6 Å². The number of carbonyl (C=O) groups excluding carboxylic acids is 2. The third kappa shape index (κ3) is 5.34. The Kier molecular flexibility index (Phi) is 6.60. The second-order valence-electron chi connectivity index (χ2n) is 9.06. The summed E-state index contributed by atoms with van der Waals surface area (Å²) in [6.07, 6.45) is -4.34. The standard InChI is InChI=1S/C26H23F3N6O4/c1-13-21(10-18-17-9-16(39-26(27,28)29)7-8-19(17)32-24(18)37)31-14(2)23(13)25(38)30-11-15(36)12-35-22-6-4-3-5-20(22)33-34-35/h3-10,15,31,36H,11-12H2,1-2H3,(H,30,38)(H,32,37)/b18-10-. The number of hydrogen-bond donors (Lipinski definition) is 4. The monoisotopic (exact) mass is 540 g/mol. The predicted octanol–water partition coefficient (Wildman–Crippen LogP) is 3.56. The van der Waals surface area contributed by atoms with E-state index in [-0.39, 0.29) is 24.2 Å². The van der Waals surface area contributed by atoms with Crippen molar-refractivity contribution in [3.63, 3.8) is 0 Å². The Hall–Kier alpha value is -4.65. The van der Waals surface area contributed by atoms with Gasteiger partial charge in [0.1, 0.15) is 11.3 Å². The molecule has 202 valence electrons. The van der Waals surface area contributed by atoms with Crippen LogP contribution in [0.4, 0.5) is 18.9 Å². The Labute approximate surface area is 219 Å². The fourth-order valence-corrected chi connectivity index (χ4v) is 4.53. The number of aliphatic hydroxyl groups is 1. The summed E-state index contributed by atoms with van der Waals surface area (Å²) >= 11 is 0. The summed E-state index contributed by atoms with van der Waals surface area (Å²) < 4.78 is 43.6. The van der Waals surface area contributed by atoms with E-state index in [0.717, 1.165) is 17.6 Å².